The van der Waals surface area contributed by atoms with Gasteiger partial charge in [-0.2, -0.15) is 0 Å². The van der Waals surface area contributed by atoms with Gasteiger partial charge in [-0.15, -0.1) is 0 Å². The smallest absolute Gasteiger partial charge is 0.270 e. The molecule has 0 unspecified atom stereocenters. The molecule has 7 heteroatoms. The van der Waals surface area contributed by atoms with Gasteiger partial charge in [0.05, 0.1) is 10.5 Å². The highest BCUT2D eigenvalue weighted by atomic mass is 19.1. The Labute approximate surface area is 122 Å². The number of hydrogen-bond donors (Lipinski definition) is 1. The van der Waals surface area contributed by atoms with Crippen LogP contribution in [0.4, 0.5) is 10.1 Å². The number of aliphatic hydroxyl groups excluding tert-OH is 1. The van der Waals surface area contributed by atoms with E-state index in [1.54, 1.807) is 0 Å². The highest BCUT2D eigenvalue weighted by molar-refractivity contribution is 5.95. The van der Waals surface area contributed by atoms with Crippen molar-refractivity contribution < 1.29 is 19.2 Å². The Morgan fingerprint density at radius 3 is 2.62 bits per heavy atom. The molecule has 0 aromatic heterocycles. The topological polar surface area (TPSA) is 83.7 Å². The minimum absolute atomic E-state index is 0.0706. The van der Waals surface area contributed by atoms with Crippen LogP contribution in [0.25, 0.3) is 0 Å². The SMILES string of the molecule is Cc1cc([N+](=O)[O-])cc(C(=O)N(C)CCCCCO)c1F. The van der Waals surface area contributed by atoms with E-state index in [4.69, 9.17) is 5.11 Å². The van der Waals surface area contributed by atoms with Crippen molar-refractivity contribution in [3.05, 3.63) is 39.2 Å². The van der Waals surface area contributed by atoms with Crippen molar-refractivity contribution in [2.45, 2.75) is 26.2 Å². The lowest BCUT2D eigenvalue weighted by Crippen LogP contribution is -2.28. The molecule has 6 nitrogen and oxygen atoms in total. The summed E-state index contributed by atoms with van der Waals surface area (Å²) in [5, 5.41) is 19.5. The fourth-order valence-electron chi connectivity index (χ4n) is 1.96. The summed E-state index contributed by atoms with van der Waals surface area (Å²) < 4.78 is 14.0. The van der Waals surface area contributed by atoms with Gasteiger partial charge in [-0.1, -0.05) is 0 Å². The Balaban J connectivity index is 2.88. The Hall–Kier alpha value is -2.02. The summed E-state index contributed by atoms with van der Waals surface area (Å²) in [5.74, 6) is -1.31. The fraction of sp³-hybridized carbons (Fsp3) is 0.500. The van der Waals surface area contributed by atoms with Crippen LogP contribution < -0.4 is 0 Å². The molecule has 21 heavy (non-hydrogen) atoms. The second-order valence-corrected chi connectivity index (χ2v) is 4.89. The van der Waals surface area contributed by atoms with Gasteiger partial charge in [0.25, 0.3) is 11.6 Å². The number of unbranched alkanes of at least 4 members (excludes halogenated alkanes) is 2. The van der Waals surface area contributed by atoms with Gasteiger partial charge in [0.15, 0.2) is 0 Å². The fourth-order valence-corrected chi connectivity index (χ4v) is 1.96. The van der Waals surface area contributed by atoms with Gasteiger partial charge >= 0.3 is 0 Å². The normalized spacial score (nSPS) is 10.5. The third-order valence-electron chi connectivity index (χ3n) is 3.18. The molecule has 0 bridgehead atoms. The Kier molecular flexibility index (Phi) is 6.23. The molecule has 0 heterocycles. The third-order valence-corrected chi connectivity index (χ3v) is 3.18. The van der Waals surface area contributed by atoms with Gasteiger partial charge < -0.3 is 10.0 Å². The second kappa shape index (κ2) is 7.68. The molecule has 1 amide bonds. The van der Waals surface area contributed by atoms with E-state index in [1.165, 1.54) is 18.9 Å². The minimum atomic E-state index is -0.729. The molecule has 1 aromatic carbocycles. The standard InChI is InChI=1S/C14H19FN2O4/c1-10-8-11(17(20)21)9-12(13(10)15)14(19)16(2)6-4-3-5-7-18/h8-9,18H,3-7H2,1-2H3. The summed E-state index contributed by atoms with van der Waals surface area (Å²) in [6.07, 6.45) is 2.08. The number of benzene rings is 1. The van der Waals surface area contributed by atoms with Crippen molar-refractivity contribution in [1.82, 2.24) is 4.90 Å². The van der Waals surface area contributed by atoms with Crippen LogP contribution >= 0.6 is 0 Å². The molecule has 0 aliphatic heterocycles. The van der Waals surface area contributed by atoms with Gasteiger partial charge in [0.2, 0.25) is 0 Å². The molecule has 0 atom stereocenters. The maximum Gasteiger partial charge on any atom is 0.270 e. The largest absolute Gasteiger partial charge is 0.396 e. The third kappa shape index (κ3) is 4.49. The van der Waals surface area contributed by atoms with Crippen molar-refractivity contribution in [1.29, 1.82) is 0 Å². The summed E-state index contributed by atoms with van der Waals surface area (Å²) >= 11 is 0. The first-order valence-corrected chi connectivity index (χ1v) is 6.69. The number of carbonyl (C=O) groups is 1. The molecule has 0 fully saturated rings. The molecule has 1 rings (SSSR count). The first-order valence-electron chi connectivity index (χ1n) is 6.69. The van der Waals surface area contributed by atoms with E-state index in [2.05, 4.69) is 0 Å². The zero-order valence-electron chi connectivity index (χ0n) is 12.1. The highest BCUT2D eigenvalue weighted by Gasteiger charge is 2.21. The molecule has 1 aromatic rings. The molecule has 0 aliphatic rings. The van der Waals surface area contributed by atoms with Gasteiger partial charge in [0, 0.05) is 32.3 Å². The number of non-ortho nitro benzene ring substituents is 1. The molecular formula is C14H19FN2O4. The summed E-state index contributed by atoms with van der Waals surface area (Å²) in [6, 6.07) is 2.07. The maximum absolute atomic E-state index is 14.0. The number of nitrogens with zero attached hydrogens (tertiary/aromatic N) is 2. The Bertz CT molecular complexity index is 534. The molecule has 0 saturated carbocycles. The summed E-state index contributed by atoms with van der Waals surface area (Å²) in [5.41, 5.74) is -0.515. The molecule has 0 aliphatic carbocycles. The second-order valence-electron chi connectivity index (χ2n) is 4.89. The summed E-state index contributed by atoms with van der Waals surface area (Å²) in [7, 11) is 1.52. The first kappa shape index (κ1) is 17.0. The van der Waals surface area contributed by atoms with Crippen LogP contribution in [-0.2, 0) is 0 Å². The number of carbonyl (C=O) groups excluding carboxylic acids is 1. The number of halogens is 1. The molecule has 116 valence electrons. The monoisotopic (exact) mass is 298 g/mol. The number of hydrogen-bond acceptors (Lipinski definition) is 4. The zero-order valence-corrected chi connectivity index (χ0v) is 12.1. The molecule has 1 N–H and O–H groups in total. The van der Waals surface area contributed by atoms with Crippen LogP contribution in [0.1, 0.15) is 35.2 Å². The van der Waals surface area contributed by atoms with E-state index in [0.717, 1.165) is 18.6 Å². The van der Waals surface area contributed by atoms with Crippen LogP contribution in [0.3, 0.4) is 0 Å². The summed E-state index contributed by atoms with van der Waals surface area (Å²) in [4.78, 5) is 23.6. The lowest BCUT2D eigenvalue weighted by Gasteiger charge is -2.17. The number of aliphatic hydroxyl groups is 1. The van der Waals surface area contributed by atoms with Crippen LogP contribution in [0.2, 0.25) is 0 Å². The van der Waals surface area contributed by atoms with Gasteiger partial charge in [0.1, 0.15) is 5.82 Å². The lowest BCUT2D eigenvalue weighted by atomic mass is 10.1. The van der Waals surface area contributed by atoms with E-state index >= 15 is 0 Å². The van der Waals surface area contributed by atoms with Crippen LogP contribution in [0, 0.1) is 22.9 Å². The van der Waals surface area contributed by atoms with Gasteiger partial charge in [-0.05, 0) is 31.7 Å². The first-order chi connectivity index (χ1) is 9.88. The zero-order chi connectivity index (χ0) is 16.0. The quantitative estimate of drug-likeness (QED) is 0.475. The van der Waals surface area contributed by atoms with Crippen molar-refractivity contribution in [2.75, 3.05) is 20.2 Å². The van der Waals surface area contributed by atoms with Gasteiger partial charge in [-0.25, -0.2) is 4.39 Å². The number of rotatable bonds is 7. The summed E-state index contributed by atoms with van der Waals surface area (Å²) in [6.45, 7) is 1.89. The molecule has 0 spiro atoms. The Morgan fingerprint density at radius 2 is 2.05 bits per heavy atom. The van der Waals surface area contributed by atoms with E-state index in [9.17, 15) is 19.3 Å². The van der Waals surface area contributed by atoms with Crippen molar-refractivity contribution in [3.63, 3.8) is 0 Å². The van der Waals surface area contributed by atoms with E-state index in [1.807, 2.05) is 0 Å². The van der Waals surface area contributed by atoms with Crippen molar-refractivity contribution >= 4 is 11.6 Å². The lowest BCUT2D eigenvalue weighted by molar-refractivity contribution is -0.385. The van der Waals surface area contributed by atoms with E-state index < -0.39 is 16.6 Å². The van der Waals surface area contributed by atoms with Crippen LogP contribution in [0.5, 0.6) is 0 Å². The van der Waals surface area contributed by atoms with Crippen molar-refractivity contribution in [3.8, 4) is 0 Å². The highest BCUT2D eigenvalue weighted by Crippen LogP contribution is 2.22. The Morgan fingerprint density at radius 1 is 1.38 bits per heavy atom. The average Bonchev–Trinajstić information content (AvgIpc) is 2.45. The molecular weight excluding hydrogens is 279 g/mol. The van der Waals surface area contributed by atoms with Crippen LogP contribution in [0.15, 0.2) is 12.1 Å². The number of nitro benzene ring substituents is 1. The number of nitro groups is 1. The number of aryl methyl sites for hydroxylation is 1. The van der Waals surface area contributed by atoms with E-state index in [-0.39, 0.29) is 23.4 Å². The molecule has 0 saturated heterocycles. The predicted molar refractivity (Wildman–Crippen MR) is 75.7 cm³/mol. The average molecular weight is 298 g/mol. The van der Waals surface area contributed by atoms with Gasteiger partial charge in [-0.3, -0.25) is 14.9 Å². The maximum atomic E-state index is 14.0. The van der Waals surface area contributed by atoms with Crippen molar-refractivity contribution in [2.24, 2.45) is 0 Å². The van der Waals surface area contributed by atoms with Crippen LogP contribution in [-0.4, -0.2) is 41.0 Å². The number of amides is 1. The minimum Gasteiger partial charge on any atom is -0.396 e. The predicted octanol–water partition coefficient (Wildman–Crippen LogP) is 2.28. The van der Waals surface area contributed by atoms with E-state index in [0.29, 0.717) is 19.4 Å². The molecule has 0 radical (unpaired) electrons.